The maximum atomic E-state index is 14.4. The molecule has 4 aromatic carbocycles. The highest BCUT2D eigenvalue weighted by molar-refractivity contribution is 8.00. The number of hydrogen-bond donors (Lipinski definition) is 3. The molecule has 4 aromatic rings. The topological polar surface area (TPSA) is 114 Å². The molecule has 0 aliphatic rings. The molecule has 0 aliphatic heterocycles. The lowest BCUT2D eigenvalue weighted by molar-refractivity contribution is -0.114. The van der Waals surface area contributed by atoms with Crippen molar-refractivity contribution in [1.29, 1.82) is 0 Å². The summed E-state index contributed by atoms with van der Waals surface area (Å²) < 4.78 is 19.1. The first kappa shape index (κ1) is 29.8. The van der Waals surface area contributed by atoms with Crippen LogP contribution >= 0.6 is 11.8 Å². The summed E-state index contributed by atoms with van der Waals surface area (Å²) in [6.07, 6.45) is 1.26. The summed E-state index contributed by atoms with van der Waals surface area (Å²) in [6, 6.07) is 27.5. The number of halogens is 1. The molecule has 0 heterocycles. The van der Waals surface area contributed by atoms with Crippen LogP contribution in [0.1, 0.15) is 26.3 Å². The number of para-hydroxylation sites is 1. The van der Waals surface area contributed by atoms with Crippen LogP contribution in [-0.2, 0) is 14.3 Å². The van der Waals surface area contributed by atoms with E-state index in [9.17, 15) is 23.6 Å². The van der Waals surface area contributed by atoms with Gasteiger partial charge in [-0.1, -0.05) is 54.6 Å². The van der Waals surface area contributed by atoms with Crippen LogP contribution < -0.4 is 16.0 Å². The number of ether oxygens (including phenoxy) is 1. The average molecular weight is 584 g/mol. The van der Waals surface area contributed by atoms with Crippen LogP contribution in [0.2, 0.25) is 0 Å². The SMILES string of the molecule is COC(=O)c1ccccc1NC(=O)CSc1cccc(NC(=O)/C(=C\c2ccccc2F)NC(=O)c2ccccc2)c1. The summed E-state index contributed by atoms with van der Waals surface area (Å²) in [6.45, 7) is 0. The van der Waals surface area contributed by atoms with E-state index in [1.54, 1.807) is 84.9 Å². The number of nitrogens with one attached hydrogen (secondary N) is 3. The maximum absolute atomic E-state index is 14.4. The zero-order valence-corrected chi connectivity index (χ0v) is 23.2. The molecular weight excluding hydrogens is 557 g/mol. The third-order valence-corrected chi connectivity index (χ3v) is 6.80. The van der Waals surface area contributed by atoms with Crippen molar-refractivity contribution in [3.8, 4) is 0 Å². The highest BCUT2D eigenvalue weighted by Crippen LogP contribution is 2.23. The van der Waals surface area contributed by atoms with E-state index in [1.807, 2.05) is 0 Å². The van der Waals surface area contributed by atoms with Gasteiger partial charge in [-0.15, -0.1) is 11.8 Å². The molecule has 0 radical (unpaired) electrons. The Bertz CT molecular complexity index is 1640. The zero-order valence-electron chi connectivity index (χ0n) is 22.4. The van der Waals surface area contributed by atoms with Gasteiger partial charge in [0.15, 0.2) is 0 Å². The number of carbonyl (C=O) groups excluding carboxylic acids is 4. The number of thioether (sulfide) groups is 1. The van der Waals surface area contributed by atoms with Crippen molar-refractivity contribution in [1.82, 2.24) is 5.32 Å². The van der Waals surface area contributed by atoms with Crippen molar-refractivity contribution in [2.75, 3.05) is 23.5 Å². The Morgan fingerprint density at radius 3 is 2.31 bits per heavy atom. The summed E-state index contributed by atoms with van der Waals surface area (Å²) in [5, 5.41) is 8.01. The second-order valence-corrected chi connectivity index (χ2v) is 9.80. The van der Waals surface area contributed by atoms with Crippen molar-refractivity contribution in [3.63, 3.8) is 0 Å². The Balaban J connectivity index is 1.45. The monoisotopic (exact) mass is 583 g/mol. The molecule has 3 N–H and O–H groups in total. The van der Waals surface area contributed by atoms with Crippen molar-refractivity contribution in [2.45, 2.75) is 4.90 Å². The number of hydrogen-bond acceptors (Lipinski definition) is 6. The molecule has 0 saturated heterocycles. The lowest BCUT2D eigenvalue weighted by Crippen LogP contribution is -2.30. The highest BCUT2D eigenvalue weighted by Gasteiger charge is 2.17. The van der Waals surface area contributed by atoms with Gasteiger partial charge in [0.05, 0.1) is 24.1 Å². The van der Waals surface area contributed by atoms with Gasteiger partial charge < -0.3 is 20.7 Å². The van der Waals surface area contributed by atoms with E-state index < -0.39 is 23.6 Å². The van der Waals surface area contributed by atoms with Crippen LogP contribution in [0.4, 0.5) is 15.8 Å². The average Bonchev–Trinajstić information content (AvgIpc) is 3.01. The molecule has 0 bridgehead atoms. The van der Waals surface area contributed by atoms with Gasteiger partial charge in [0.25, 0.3) is 11.8 Å². The fraction of sp³-hybridized carbons (Fsp3) is 0.0625. The molecule has 8 nitrogen and oxygen atoms in total. The van der Waals surface area contributed by atoms with Crippen molar-refractivity contribution < 1.29 is 28.3 Å². The van der Waals surface area contributed by atoms with Crippen molar-refractivity contribution in [3.05, 3.63) is 131 Å². The number of rotatable bonds is 10. The first-order valence-electron chi connectivity index (χ1n) is 12.7. The van der Waals surface area contributed by atoms with Crippen LogP contribution in [0.5, 0.6) is 0 Å². The lowest BCUT2D eigenvalue weighted by atomic mass is 10.1. The predicted molar refractivity (Wildman–Crippen MR) is 160 cm³/mol. The zero-order chi connectivity index (χ0) is 29.9. The van der Waals surface area contributed by atoms with Gasteiger partial charge in [-0.2, -0.15) is 0 Å². The Labute approximate surface area is 246 Å². The first-order chi connectivity index (χ1) is 20.3. The molecule has 0 atom stereocenters. The van der Waals surface area contributed by atoms with Crippen molar-refractivity contribution >= 4 is 52.9 Å². The molecule has 3 amide bonds. The summed E-state index contributed by atoms with van der Waals surface area (Å²) in [5.41, 5.74) is 1.27. The molecule has 0 aliphatic carbocycles. The number of carbonyl (C=O) groups is 4. The van der Waals surface area contributed by atoms with Gasteiger partial charge in [-0.05, 0) is 54.6 Å². The number of benzene rings is 4. The van der Waals surface area contributed by atoms with E-state index in [-0.39, 0.29) is 28.5 Å². The molecule has 0 spiro atoms. The Morgan fingerprint density at radius 2 is 1.55 bits per heavy atom. The minimum absolute atomic E-state index is 0.0263. The Hall–Kier alpha value is -5.22. The third kappa shape index (κ3) is 8.15. The largest absolute Gasteiger partial charge is 0.465 e. The Kier molecular flexibility index (Phi) is 10.2. The van der Waals surface area contributed by atoms with Crippen molar-refractivity contribution in [2.24, 2.45) is 0 Å². The van der Waals surface area contributed by atoms with E-state index in [1.165, 1.54) is 43.1 Å². The molecule has 0 fully saturated rings. The van der Waals surface area contributed by atoms with E-state index >= 15 is 0 Å². The summed E-state index contributed by atoms with van der Waals surface area (Å²) in [5.74, 6) is -2.63. The van der Waals surface area contributed by atoms with Gasteiger partial charge >= 0.3 is 5.97 Å². The van der Waals surface area contributed by atoms with Gasteiger partial charge in [-0.25, -0.2) is 9.18 Å². The molecule has 0 unspecified atom stereocenters. The molecule has 0 aromatic heterocycles. The standard InChI is InChI=1S/C32H26FN3O5S/c1-41-32(40)25-15-6-8-17-27(25)35-29(37)20-42-24-14-9-13-23(19-24)34-31(39)28(18-22-12-5-7-16-26(22)33)36-30(38)21-10-3-2-4-11-21/h2-19H,20H2,1H3,(H,34,39)(H,35,37)(H,36,38)/b28-18+. The molecule has 4 rings (SSSR count). The van der Waals surface area contributed by atoms with E-state index in [0.29, 0.717) is 21.8 Å². The first-order valence-corrected chi connectivity index (χ1v) is 13.7. The van der Waals surface area contributed by atoms with Crippen LogP contribution in [0, 0.1) is 5.82 Å². The summed E-state index contributed by atoms with van der Waals surface area (Å²) in [4.78, 5) is 51.3. The molecule has 0 saturated carbocycles. The minimum atomic E-state index is -0.665. The van der Waals surface area contributed by atoms with E-state index in [2.05, 4.69) is 16.0 Å². The van der Waals surface area contributed by atoms with E-state index in [0.717, 1.165) is 0 Å². The maximum Gasteiger partial charge on any atom is 0.339 e. The van der Waals surface area contributed by atoms with Gasteiger partial charge in [0, 0.05) is 21.7 Å². The number of methoxy groups -OCH3 is 1. The van der Waals surface area contributed by atoms with Crippen LogP contribution in [0.15, 0.2) is 114 Å². The van der Waals surface area contributed by atoms with Crippen LogP contribution in [-0.4, -0.2) is 36.6 Å². The van der Waals surface area contributed by atoms with Crippen LogP contribution in [0.3, 0.4) is 0 Å². The molecule has 42 heavy (non-hydrogen) atoms. The predicted octanol–water partition coefficient (Wildman–Crippen LogP) is 5.75. The second-order valence-electron chi connectivity index (χ2n) is 8.76. The number of anilines is 2. The lowest BCUT2D eigenvalue weighted by Gasteiger charge is -2.12. The number of esters is 1. The fourth-order valence-electron chi connectivity index (χ4n) is 3.77. The fourth-order valence-corrected chi connectivity index (χ4v) is 4.52. The molecule has 10 heteroatoms. The smallest absolute Gasteiger partial charge is 0.339 e. The number of amides is 3. The molecule has 212 valence electrons. The Morgan fingerprint density at radius 1 is 0.833 bits per heavy atom. The third-order valence-electron chi connectivity index (χ3n) is 5.80. The van der Waals surface area contributed by atoms with Gasteiger partial charge in [-0.3, -0.25) is 14.4 Å². The highest BCUT2D eigenvalue weighted by atomic mass is 32.2. The summed E-state index contributed by atoms with van der Waals surface area (Å²) in [7, 11) is 1.26. The molecular formula is C32H26FN3O5S. The van der Waals surface area contributed by atoms with Gasteiger partial charge in [0.2, 0.25) is 5.91 Å². The quantitative estimate of drug-likeness (QED) is 0.124. The van der Waals surface area contributed by atoms with Gasteiger partial charge in [0.1, 0.15) is 11.5 Å². The summed E-state index contributed by atoms with van der Waals surface area (Å²) >= 11 is 1.22. The normalized spacial score (nSPS) is 10.9. The second kappa shape index (κ2) is 14.4. The minimum Gasteiger partial charge on any atom is -0.465 e. The van der Waals surface area contributed by atoms with Crippen LogP contribution in [0.25, 0.3) is 6.08 Å². The van der Waals surface area contributed by atoms with E-state index in [4.69, 9.17) is 4.74 Å².